The molecular formula is C16H32N2. The number of hydrogen-bond acceptors (Lipinski definition) is 2. The van der Waals surface area contributed by atoms with Gasteiger partial charge in [-0.3, -0.25) is 0 Å². The lowest BCUT2D eigenvalue weighted by atomic mass is 9.69. The second kappa shape index (κ2) is 6.38. The molecule has 1 saturated heterocycles. The van der Waals surface area contributed by atoms with Crippen molar-refractivity contribution >= 4 is 0 Å². The molecule has 0 bridgehead atoms. The van der Waals surface area contributed by atoms with Gasteiger partial charge in [-0.1, -0.05) is 33.6 Å². The van der Waals surface area contributed by atoms with Crippen LogP contribution >= 0.6 is 0 Å². The Morgan fingerprint density at radius 1 is 1.00 bits per heavy atom. The van der Waals surface area contributed by atoms with Crippen molar-refractivity contribution in [1.29, 1.82) is 0 Å². The Hall–Kier alpha value is -0.0800. The molecule has 0 aromatic heterocycles. The lowest BCUT2D eigenvalue weighted by Crippen LogP contribution is -2.46. The van der Waals surface area contributed by atoms with Crippen LogP contribution in [-0.2, 0) is 0 Å². The summed E-state index contributed by atoms with van der Waals surface area (Å²) in [4.78, 5) is 2.61. The van der Waals surface area contributed by atoms with Gasteiger partial charge in [0.05, 0.1) is 0 Å². The Morgan fingerprint density at radius 2 is 1.67 bits per heavy atom. The number of likely N-dealkylation sites (tertiary alicyclic amines) is 1. The molecule has 1 saturated carbocycles. The Kier molecular flexibility index (Phi) is 5.08. The van der Waals surface area contributed by atoms with Gasteiger partial charge in [-0.15, -0.1) is 0 Å². The van der Waals surface area contributed by atoms with Gasteiger partial charge in [0, 0.05) is 19.1 Å². The third kappa shape index (κ3) is 3.96. The molecule has 2 rings (SSSR count). The lowest BCUT2D eigenvalue weighted by molar-refractivity contribution is 0.129. The minimum Gasteiger partial charge on any atom is -0.312 e. The summed E-state index contributed by atoms with van der Waals surface area (Å²) in [5.74, 6) is 0.866. The highest BCUT2D eigenvalue weighted by atomic mass is 15.2. The first-order valence-corrected chi connectivity index (χ1v) is 8.03. The average molecular weight is 252 g/mol. The molecule has 0 aromatic rings. The number of hydrogen-bond donors (Lipinski definition) is 1. The van der Waals surface area contributed by atoms with Gasteiger partial charge in [0.2, 0.25) is 0 Å². The van der Waals surface area contributed by atoms with Crippen molar-refractivity contribution in [2.75, 3.05) is 26.2 Å². The summed E-state index contributed by atoms with van der Waals surface area (Å²) in [5.41, 5.74) is 0.464. The molecule has 2 unspecified atom stereocenters. The SMILES string of the molecule is CC(C)(C)C1CCCCC1NCCN1CCCC1. The summed E-state index contributed by atoms with van der Waals surface area (Å²) in [6.45, 7) is 12.4. The minimum absolute atomic E-state index is 0.464. The van der Waals surface area contributed by atoms with E-state index in [1.807, 2.05) is 0 Å². The molecule has 2 aliphatic rings. The third-order valence-electron chi connectivity index (χ3n) is 4.91. The highest BCUT2D eigenvalue weighted by Crippen LogP contribution is 2.37. The van der Waals surface area contributed by atoms with Crippen LogP contribution in [0.5, 0.6) is 0 Å². The maximum atomic E-state index is 3.86. The van der Waals surface area contributed by atoms with E-state index in [0.717, 1.165) is 12.0 Å². The molecule has 0 amide bonds. The van der Waals surface area contributed by atoms with Gasteiger partial charge in [-0.05, 0) is 50.1 Å². The molecule has 1 N–H and O–H groups in total. The zero-order valence-electron chi connectivity index (χ0n) is 12.7. The number of nitrogens with one attached hydrogen (secondary N) is 1. The number of rotatable bonds is 4. The van der Waals surface area contributed by atoms with Gasteiger partial charge in [0.15, 0.2) is 0 Å². The molecule has 2 fully saturated rings. The molecule has 1 aliphatic heterocycles. The molecule has 0 aromatic carbocycles. The van der Waals surface area contributed by atoms with Crippen molar-refractivity contribution in [2.24, 2.45) is 11.3 Å². The fraction of sp³-hybridized carbons (Fsp3) is 1.00. The zero-order chi connectivity index (χ0) is 13.0. The van der Waals surface area contributed by atoms with Crippen LogP contribution in [-0.4, -0.2) is 37.1 Å². The van der Waals surface area contributed by atoms with Crippen LogP contribution in [0.4, 0.5) is 0 Å². The highest BCUT2D eigenvalue weighted by molar-refractivity contribution is 4.88. The molecule has 0 radical (unpaired) electrons. The molecule has 1 heterocycles. The van der Waals surface area contributed by atoms with Gasteiger partial charge >= 0.3 is 0 Å². The second-order valence-corrected chi connectivity index (χ2v) is 7.37. The quantitative estimate of drug-likeness (QED) is 0.826. The standard InChI is InChI=1S/C16H32N2/c1-16(2,3)14-8-4-5-9-15(14)17-10-13-18-11-6-7-12-18/h14-15,17H,4-13H2,1-3H3. The van der Waals surface area contributed by atoms with Crippen LogP contribution in [0.3, 0.4) is 0 Å². The number of nitrogens with zero attached hydrogens (tertiary/aromatic N) is 1. The fourth-order valence-corrected chi connectivity index (χ4v) is 3.83. The third-order valence-corrected chi connectivity index (χ3v) is 4.91. The molecule has 0 spiro atoms. The Morgan fingerprint density at radius 3 is 2.33 bits per heavy atom. The monoisotopic (exact) mass is 252 g/mol. The zero-order valence-corrected chi connectivity index (χ0v) is 12.7. The van der Waals surface area contributed by atoms with Crippen molar-refractivity contribution < 1.29 is 0 Å². The first-order valence-electron chi connectivity index (χ1n) is 8.03. The van der Waals surface area contributed by atoms with Crippen LogP contribution in [0.25, 0.3) is 0 Å². The molecule has 2 atom stereocenters. The van der Waals surface area contributed by atoms with Crippen molar-refractivity contribution in [1.82, 2.24) is 10.2 Å². The summed E-state index contributed by atoms with van der Waals surface area (Å²) in [7, 11) is 0. The minimum atomic E-state index is 0.464. The fourth-order valence-electron chi connectivity index (χ4n) is 3.83. The van der Waals surface area contributed by atoms with E-state index in [2.05, 4.69) is 31.0 Å². The molecule has 2 heteroatoms. The van der Waals surface area contributed by atoms with Gasteiger partial charge < -0.3 is 10.2 Å². The molecule has 106 valence electrons. The largest absolute Gasteiger partial charge is 0.312 e. The lowest BCUT2D eigenvalue weighted by Gasteiger charge is -2.41. The normalized spacial score (nSPS) is 30.8. The second-order valence-electron chi connectivity index (χ2n) is 7.37. The van der Waals surface area contributed by atoms with Crippen molar-refractivity contribution in [3.8, 4) is 0 Å². The topological polar surface area (TPSA) is 15.3 Å². The summed E-state index contributed by atoms with van der Waals surface area (Å²) in [5, 5.41) is 3.86. The average Bonchev–Trinajstić information content (AvgIpc) is 2.81. The summed E-state index contributed by atoms with van der Waals surface area (Å²) in [6.07, 6.45) is 8.50. The van der Waals surface area contributed by atoms with Gasteiger partial charge in [0.1, 0.15) is 0 Å². The Labute approximate surface area is 114 Å². The van der Waals surface area contributed by atoms with Crippen LogP contribution in [0.2, 0.25) is 0 Å². The van der Waals surface area contributed by atoms with E-state index in [1.54, 1.807) is 0 Å². The van der Waals surface area contributed by atoms with E-state index in [0.29, 0.717) is 5.41 Å². The van der Waals surface area contributed by atoms with Crippen LogP contribution < -0.4 is 5.32 Å². The first kappa shape index (κ1) is 14.3. The van der Waals surface area contributed by atoms with Gasteiger partial charge in [0.25, 0.3) is 0 Å². The van der Waals surface area contributed by atoms with E-state index in [1.165, 1.54) is 64.7 Å². The van der Waals surface area contributed by atoms with E-state index >= 15 is 0 Å². The smallest absolute Gasteiger partial charge is 0.0107 e. The predicted octanol–water partition coefficient (Wildman–Crippen LogP) is 3.28. The maximum Gasteiger partial charge on any atom is 0.0107 e. The first-order chi connectivity index (χ1) is 8.57. The van der Waals surface area contributed by atoms with E-state index < -0.39 is 0 Å². The van der Waals surface area contributed by atoms with Crippen molar-refractivity contribution in [3.63, 3.8) is 0 Å². The molecular weight excluding hydrogens is 220 g/mol. The molecule has 1 aliphatic carbocycles. The van der Waals surface area contributed by atoms with Crippen LogP contribution in [0, 0.1) is 11.3 Å². The van der Waals surface area contributed by atoms with E-state index in [4.69, 9.17) is 0 Å². The predicted molar refractivity (Wildman–Crippen MR) is 78.9 cm³/mol. The van der Waals surface area contributed by atoms with Crippen LogP contribution in [0.1, 0.15) is 59.3 Å². The molecule has 18 heavy (non-hydrogen) atoms. The van der Waals surface area contributed by atoms with E-state index in [9.17, 15) is 0 Å². The van der Waals surface area contributed by atoms with Crippen molar-refractivity contribution in [2.45, 2.75) is 65.3 Å². The summed E-state index contributed by atoms with van der Waals surface area (Å²) in [6, 6.07) is 0.765. The highest BCUT2D eigenvalue weighted by Gasteiger charge is 2.33. The van der Waals surface area contributed by atoms with Crippen LogP contribution in [0.15, 0.2) is 0 Å². The molecule has 2 nitrogen and oxygen atoms in total. The van der Waals surface area contributed by atoms with Gasteiger partial charge in [-0.25, -0.2) is 0 Å². The maximum absolute atomic E-state index is 3.86. The summed E-state index contributed by atoms with van der Waals surface area (Å²) < 4.78 is 0. The van der Waals surface area contributed by atoms with Gasteiger partial charge in [-0.2, -0.15) is 0 Å². The van der Waals surface area contributed by atoms with E-state index in [-0.39, 0.29) is 0 Å². The Bertz CT molecular complexity index is 238. The van der Waals surface area contributed by atoms with Crippen molar-refractivity contribution in [3.05, 3.63) is 0 Å². The summed E-state index contributed by atoms with van der Waals surface area (Å²) >= 11 is 0. The Balaban J connectivity index is 1.75.